The zero-order valence-corrected chi connectivity index (χ0v) is 16.8. The maximum atomic E-state index is 13.1. The maximum Gasteiger partial charge on any atom is 0.161 e. The van der Waals surface area contributed by atoms with Gasteiger partial charge in [0.1, 0.15) is 12.4 Å². The van der Waals surface area contributed by atoms with Gasteiger partial charge >= 0.3 is 0 Å². The summed E-state index contributed by atoms with van der Waals surface area (Å²) in [5, 5.41) is 3.78. The smallest absolute Gasteiger partial charge is 0.161 e. The second kappa shape index (κ2) is 12.0. The molecule has 0 atom stereocenters. The van der Waals surface area contributed by atoms with E-state index in [1.165, 1.54) is 31.4 Å². The molecule has 0 amide bonds. The first-order valence-electron chi connectivity index (χ1n) is 8.58. The standard InChI is InChI=1S/C20H25ClFNO2.ClH/c1-3-4-5-10-23-13-15-6-9-19(20(11-15)24-2)25-14-16-7-8-17(22)12-18(16)21;/h6-9,11-12,23H,3-5,10,13-14H2,1-2H3;1H. The molecule has 0 unspecified atom stereocenters. The highest BCUT2D eigenvalue weighted by Crippen LogP contribution is 2.29. The zero-order valence-electron chi connectivity index (χ0n) is 15.2. The molecule has 0 radical (unpaired) electrons. The number of halogens is 3. The minimum absolute atomic E-state index is 0. The Bertz CT molecular complexity index is 683. The van der Waals surface area contributed by atoms with E-state index in [1.807, 2.05) is 18.2 Å². The molecule has 0 aliphatic heterocycles. The lowest BCUT2D eigenvalue weighted by molar-refractivity contribution is 0.284. The van der Waals surface area contributed by atoms with Crippen LogP contribution in [0, 0.1) is 5.82 Å². The highest BCUT2D eigenvalue weighted by molar-refractivity contribution is 6.31. The summed E-state index contributed by atoms with van der Waals surface area (Å²) < 4.78 is 24.3. The quantitative estimate of drug-likeness (QED) is 0.512. The van der Waals surface area contributed by atoms with Gasteiger partial charge in [0.05, 0.1) is 12.1 Å². The fraction of sp³-hybridized carbons (Fsp3) is 0.400. The predicted molar refractivity (Wildman–Crippen MR) is 107 cm³/mol. The molecule has 6 heteroatoms. The van der Waals surface area contributed by atoms with Crippen LogP contribution in [0.25, 0.3) is 0 Å². The monoisotopic (exact) mass is 401 g/mol. The van der Waals surface area contributed by atoms with Crippen LogP contribution in [0.15, 0.2) is 36.4 Å². The van der Waals surface area contributed by atoms with Gasteiger partial charge in [-0.3, -0.25) is 0 Å². The molecule has 26 heavy (non-hydrogen) atoms. The zero-order chi connectivity index (χ0) is 18.1. The van der Waals surface area contributed by atoms with E-state index < -0.39 is 0 Å². The van der Waals surface area contributed by atoms with Crippen LogP contribution in [0.3, 0.4) is 0 Å². The normalized spacial score (nSPS) is 10.3. The second-order valence-corrected chi connectivity index (χ2v) is 6.30. The lowest BCUT2D eigenvalue weighted by Crippen LogP contribution is -2.14. The second-order valence-electron chi connectivity index (χ2n) is 5.89. The van der Waals surface area contributed by atoms with E-state index >= 15 is 0 Å². The van der Waals surface area contributed by atoms with Crippen molar-refractivity contribution in [3.63, 3.8) is 0 Å². The van der Waals surface area contributed by atoms with Gasteiger partial charge in [0.25, 0.3) is 0 Å². The number of hydrogen-bond donors (Lipinski definition) is 1. The molecule has 0 aliphatic carbocycles. The van der Waals surface area contributed by atoms with Gasteiger partial charge in [-0.2, -0.15) is 0 Å². The molecule has 0 aliphatic rings. The van der Waals surface area contributed by atoms with Gasteiger partial charge in [0.15, 0.2) is 11.5 Å². The third-order valence-electron chi connectivity index (χ3n) is 3.91. The SMILES string of the molecule is CCCCCNCc1ccc(OCc2ccc(F)cc2Cl)c(OC)c1.Cl. The fourth-order valence-electron chi connectivity index (χ4n) is 2.47. The summed E-state index contributed by atoms with van der Waals surface area (Å²) in [6.07, 6.45) is 3.65. The van der Waals surface area contributed by atoms with Crippen molar-refractivity contribution >= 4 is 24.0 Å². The Kier molecular flexibility index (Phi) is 10.4. The van der Waals surface area contributed by atoms with Crippen LogP contribution in [-0.4, -0.2) is 13.7 Å². The molecule has 2 aromatic rings. The minimum atomic E-state index is -0.359. The molecule has 0 bridgehead atoms. The summed E-state index contributed by atoms with van der Waals surface area (Å²) in [6, 6.07) is 10.1. The van der Waals surface area contributed by atoms with Crippen LogP contribution in [-0.2, 0) is 13.2 Å². The number of methoxy groups -OCH3 is 1. The average molecular weight is 402 g/mol. The van der Waals surface area contributed by atoms with E-state index in [1.54, 1.807) is 13.2 Å². The Balaban J connectivity index is 0.00000338. The Morgan fingerprint density at radius 2 is 1.88 bits per heavy atom. The molecule has 3 nitrogen and oxygen atoms in total. The number of benzene rings is 2. The van der Waals surface area contributed by atoms with E-state index in [9.17, 15) is 4.39 Å². The Hall–Kier alpha value is -1.49. The van der Waals surface area contributed by atoms with Crippen LogP contribution in [0.5, 0.6) is 11.5 Å². The Labute approximate surface area is 166 Å². The molecule has 144 valence electrons. The third kappa shape index (κ3) is 7.02. The molecule has 0 saturated carbocycles. The average Bonchev–Trinajstić information content (AvgIpc) is 2.61. The Morgan fingerprint density at radius 1 is 1.08 bits per heavy atom. The van der Waals surface area contributed by atoms with Crippen molar-refractivity contribution < 1.29 is 13.9 Å². The largest absolute Gasteiger partial charge is 0.493 e. The molecule has 1 N–H and O–H groups in total. The van der Waals surface area contributed by atoms with Crippen molar-refractivity contribution in [2.24, 2.45) is 0 Å². The minimum Gasteiger partial charge on any atom is -0.493 e. The molecule has 0 saturated heterocycles. The summed E-state index contributed by atoms with van der Waals surface area (Å²) in [6.45, 7) is 4.26. The predicted octanol–water partition coefficient (Wildman–Crippen LogP) is 5.77. The number of unbranched alkanes of at least 4 members (excludes halogenated alkanes) is 2. The summed E-state index contributed by atoms with van der Waals surface area (Å²) in [5.74, 6) is 0.950. The van der Waals surface area contributed by atoms with Gasteiger partial charge in [-0.05, 0) is 42.8 Å². The van der Waals surface area contributed by atoms with Crippen LogP contribution < -0.4 is 14.8 Å². The fourth-order valence-corrected chi connectivity index (χ4v) is 2.69. The first-order valence-corrected chi connectivity index (χ1v) is 8.96. The third-order valence-corrected chi connectivity index (χ3v) is 4.26. The first-order chi connectivity index (χ1) is 12.1. The van der Waals surface area contributed by atoms with Crippen molar-refractivity contribution in [1.29, 1.82) is 0 Å². The van der Waals surface area contributed by atoms with Gasteiger partial charge in [-0.1, -0.05) is 43.5 Å². The molecule has 2 rings (SSSR count). The van der Waals surface area contributed by atoms with E-state index in [2.05, 4.69) is 12.2 Å². The van der Waals surface area contributed by atoms with Gasteiger partial charge in [-0.25, -0.2) is 4.39 Å². The summed E-state index contributed by atoms with van der Waals surface area (Å²) >= 11 is 6.03. The molecule has 0 heterocycles. The van der Waals surface area contributed by atoms with Crippen molar-refractivity contribution in [1.82, 2.24) is 5.32 Å². The van der Waals surface area contributed by atoms with E-state index in [-0.39, 0.29) is 24.8 Å². The number of ether oxygens (including phenoxy) is 2. The van der Waals surface area contributed by atoms with E-state index in [0.717, 1.165) is 24.2 Å². The highest BCUT2D eigenvalue weighted by Gasteiger charge is 2.08. The number of rotatable bonds is 10. The lowest BCUT2D eigenvalue weighted by Gasteiger charge is -2.13. The topological polar surface area (TPSA) is 30.5 Å². The van der Waals surface area contributed by atoms with Crippen molar-refractivity contribution in [3.05, 3.63) is 58.4 Å². The van der Waals surface area contributed by atoms with Gasteiger partial charge < -0.3 is 14.8 Å². The molecule has 0 aromatic heterocycles. The lowest BCUT2D eigenvalue weighted by atomic mass is 10.2. The summed E-state index contributed by atoms with van der Waals surface area (Å²) in [4.78, 5) is 0. The highest BCUT2D eigenvalue weighted by atomic mass is 35.5. The van der Waals surface area contributed by atoms with Crippen molar-refractivity contribution in [2.45, 2.75) is 39.3 Å². The molecular weight excluding hydrogens is 376 g/mol. The number of nitrogens with one attached hydrogen (secondary N) is 1. The van der Waals surface area contributed by atoms with Crippen LogP contribution in [0.1, 0.15) is 37.3 Å². The molecular formula is C20H26Cl2FNO2. The number of hydrogen-bond acceptors (Lipinski definition) is 3. The maximum absolute atomic E-state index is 13.1. The van der Waals surface area contributed by atoms with Crippen molar-refractivity contribution in [3.8, 4) is 11.5 Å². The van der Waals surface area contributed by atoms with Crippen molar-refractivity contribution in [2.75, 3.05) is 13.7 Å². The first kappa shape index (κ1) is 22.6. The van der Waals surface area contributed by atoms with E-state index in [4.69, 9.17) is 21.1 Å². The van der Waals surface area contributed by atoms with Crippen LogP contribution >= 0.6 is 24.0 Å². The Morgan fingerprint density at radius 3 is 2.58 bits per heavy atom. The van der Waals surface area contributed by atoms with Gasteiger partial charge in [0, 0.05) is 12.1 Å². The van der Waals surface area contributed by atoms with Gasteiger partial charge in [0.2, 0.25) is 0 Å². The molecule has 2 aromatic carbocycles. The molecule has 0 spiro atoms. The molecule has 0 fully saturated rings. The van der Waals surface area contributed by atoms with E-state index in [0.29, 0.717) is 16.5 Å². The van der Waals surface area contributed by atoms with Gasteiger partial charge in [-0.15, -0.1) is 12.4 Å². The van der Waals surface area contributed by atoms with Crippen LogP contribution in [0.2, 0.25) is 5.02 Å². The summed E-state index contributed by atoms with van der Waals surface area (Å²) in [5.41, 5.74) is 1.87. The summed E-state index contributed by atoms with van der Waals surface area (Å²) in [7, 11) is 1.62. The van der Waals surface area contributed by atoms with Crippen LogP contribution in [0.4, 0.5) is 4.39 Å².